The molecule has 2 atom stereocenters. The summed E-state index contributed by atoms with van der Waals surface area (Å²) in [4.78, 5) is 25.6. The number of carboxylic acids is 1. The lowest BCUT2D eigenvalue weighted by Crippen LogP contribution is -2.53. The fourth-order valence-corrected chi connectivity index (χ4v) is 2.81. The largest absolute Gasteiger partial charge is 0.481 e. The van der Waals surface area contributed by atoms with Gasteiger partial charge in [0.1, 0.15) is 0 Å². The quantitative estimate of drug-likeness (QED) is 0.815. The third-order valence-corrected chi connectivity index (χ3v) is 4.19. The fraction of sp³-hybridized carbons (Fsp3) is 0.867. The number of hydrogen-bond donors (Lipinski definition) is 2. The van der Waals surface area contributed by atoms with Crippen molar-refractivity contribution >= 4 is 12.0 Å². The van der Waals surface area contributed by atoms with E-state index in [-0.39, 0.29) is 18.1 Å². The Kier molecular flexibility index (Phi) is 5.42. The molecule has 0 aromatic heterocycles. The summed E-state index contributed by atoms with van der Waals surface area (Å²) in [5.74, 6) is -0.433. The lowest BCUT2D eigenvalue weighted by atomic mass is 9.85. The Morgan fingerprint density at radius 2 is 1.95 bits per heavy atom. The van der Waals surface area contributed by atoms with Crippen molar-refractivity contribution in [3.8, 4) is 0 Å². The van der Waals surface area contributed by atoms with Crippen molar-refractivity contribution in [3.05, 3.63) is 0 Å². The van der Waals surface area contributed by atoms with Crippen LogP contribution in [0, 0.1) is 11.3 Å². The number of carbonyl (C=O) groups is 2. The van der Waals surface area contributed by atoms with E-state index in [4.69, 9.17) is 0 Å². The van der Waals surface area contributed by atoms with E-state index >= 15 is 0 Å². The molecule has 116 valence electrons. The van der Waals surface area contributed by atoms with Gasteiger partial charge in [0.05, 0.1) is 5.41 Å². The Hall–Kier alpha value is -1.26. The van der Waals surface area contributed by atoms with Gasteiger partial charge in [-0.3, -0.25) is 4.79 Å². The Labute approximate surface area is 121 Å². The minimum absolute atomic E-state index is 0.106. The number of carboxylic acid groups (broad SMARTS) is 1. The van der Waals surface area contributed by atoms with E-state index in [0.29, 0.717) is 18.9 Å². The molecule has 2 amide bonds. The molecule has 0 saturated heterocycles. The summed E-state index contributed by atoms with van der Waals surface area (Å²) in [6.07, 6.45) is 2.21. The first-order valence-corrected chi connectivity index (χ1v) is 7.49. The lowest BCUT2D eigenvalue weighted by Gasteiger charge is -2.33. The molecule has 2 N–H and O–H groups in total. The molecular formula is C15H28N2O3. The van der Waals surface area contributed by atoms with Crippen LogP contribution in [-0.2, 0) is 4.79 Å². The van der Waals surface area contributed by atoms with Gasteiger partial charge in [0, 0.05) is 18.6 Å². The van der Waals surface area contributed by atoms with Crippen molar-refractivity contribution in [3.63, 3.8) is 0 Å². The molecule has 0 heterocycles. The van der Waals surface area contributed by atoms with Gasteiger partial charge in [-0.2, -0.15) is 0 Å². The van der Waals surface area contributed by atoms with Crippen LogP contribution in [0.1, 0.15) is 53.9 Å². The molecule has 0 spiro atoms. The average molecular weight is 284 g/mol. The highest BCUT2D eigenvalue weighted by Gasteiger charge is 2.46. The van der Waals surface area contributed by atoms with Crippen LogP contribution in [0.4, 0.5) is 4.79 Å². The summed E-state index contributed by atoms with van der Waals surface area (Å²) in [7, 11) is 0. The molecule has 0 radical (unpaired) electrons. The van der Waals surface area contributed by atoms with E-state index in [9.17, 15) is 14.7 Å². The van der Waals surface area contributed by atoms with Crippen molar-refractivity contribution < 1.29 is 14.7 Å². The van der Waals surface area contributed by atoms with Crippen molar-refractivity contribution in [2.75, 3.05) is 6.54 Å². The van der Waals surface area contributed by atoms with Crippen LogP contribution < -0.4 is 5.32 Å². The normalized spacial score (nSPS) is 26.1. The highest BCUT2D eigenvalue weighted by atomic mass is 16.4. The first kappa shape index (κ1) is 16.8. The highest BCUT2D eigenvalue weighted by molar-refractivity contribution is 5.79. The molecule has 2 unspecified atom stereocenters. The molecular weight excluding hydrogens is 256 g/mol. The van der Waals surface area contributed by atoms with E-state index in [1.807, 2.05) is 13.8 Å². The molecule has 0 aliphatic heterocycles. The molecule has 1 aliphatic rings. The molecule has 1 aliphatic carbocycles. The predicted molar refractivity (Wildman–Crippen MR) is 78.6 cm³/mol. The van der Waals surface area contributed by atoms with Gasteiger partial charge in [0.15, 0.2) is 0 Å². The van der Waals surface area contributed by atoms with Crippen LogP contribution in [0.25, 0.3) is 0 Å². The van der Waals surface area contributed by atoms with Gasteiger partial charge in [-0.15, -0.1) is 0 Å². The van der Waals surface area contributed by atoms with Crippen LogP contribution >= 0.6 is 0 Å². The SMILES string of the molecule is CC(C)CN(C(=O)NC1CCCC1(C)C(=O)O)C(C)C. The second kappa shape index (κ2) is 6.46. The third-order valence-electron chi connectivity index (χ3n) is 4.19. The van der Waals surface area contributed by atoms with Gasteiger partial charge < -0.3 is 15.3 Å². The van der Waals surface area contributed by atoms with Gasteiger partial charge in [0.25, 0.3) is 0 Å². The first-order chi connectivity index (χ1) is 9.18. The minimum Gasteiger partial charge on any atom is -0.481 e. The molecule has 0 aromatic carbocycles. The van der Waals surface area contributed by atoms with Crippen molar-refractivity contribution in [2.45, 2.75) is 66.0 Å². The Bertz CT molecular complexity index is 368. The van der Waals surface area contributed by atoms with Crippen molar-refractivity contribution in [2.24, 2.45) is 11.3 Å². The summed E-state index contributed by atoms with van der Waals surface area (Å²) >= 11 is 0. The molecule has 5 heteroatoms. The van der Waals surface area contributed by atoms with Crippen LogP contribution in [0.2, 0.25) is 0 Å². The van der Waals surface area contributed by atoms with Crippen LogP contribution in [0.3, 0.4) is 0 Å². The smallest absolute Gasteiger partial charge is 0.317 e. The predicted octanol–water partition coefficient (Wildman–Crippen LogP) is 2.71. The minimum atomic E-state index is -0.837. The monoisotopic (exact) mass is 284 g/mol. The van der Waals surface area contributed by atoms with Gasteiger partial charge >= 0.3 is 12.0 Å². The lowest BCUT2D eigenvalue weighted by molar-refractivity contribution is -0.148. The van der Waals surface area contributed by atoms with Crippen LogP contribution in [0.5, 0.6) is 0 Å². The van der Waals surface area contributed by atoms with E-state index in [0.717, 1.165) is 12.8 Å². The fourth-order valence-electron chi connectivity index (χ4n) is 2.81. The van der Waals surface area contributed by atoms with Crippen molar-refractivity contribution in [1.29, 1.82) is 0 Å². The van der Waals surface area contributed by atoms with Gasteiger partial charge in [-0.1, -0.05) is 20.3 Å². The van der Waals surface area contributed by atoms with Crippen molar-refractivity contribution in [1.82, 2.24) is 10.2 Å². The van der Waals surface area contributed by atoms with E-state index in [1.54, 1.807) is 11.8 Å². The summed E-state index contributed by atoms with van der Waals surface area (Å²) in [6, 6.07) is -0.316. The van der Waals surface area contributed by atoms with Gasteiger partial charge in [-0.25, -0.2) is 4.79 Å². The number of carbonyl (C=O) groups excluding carboxylic acids is 1. The second-order valence-electron chi connectivity index (χ2n) is 6.76. The van der Waals surface area contributed by atoms with E-state index < -0.39 is 11.4 Å². The third kappa shape index (κ3) is 3.64. The Morgan fingerprint density at radius 1 is 1.35 bits per heavy atom. The zero-order chi connectivity index (χ0) is 15.5. The highest BCUT2D eigenvalue weighted by Crippen LogP contribution is 2.38. The second-order valence-corrected chi connectivity index (χ2v) is 6.76. The summed E-state index contributed by atoms with van der Waals surface area (Å²) in [5, 5.41) is 12.3. The maximum atomic E-state index is 12.4. The topological polar surface area (TPSA) is 69.6 Å². The first-order valence-electron chi connectivity index (χ1n) is 7.49. The molecule has 20 heavy (non-hydrogen) atoms. The van der Waals surface area contributed by atoms with Crippen LogP contribution in [0.15, 0.2) is 0 Å². The summed E-state index contributed by atoms with van der Waals surface area (Å²) in [5.41, 5.74) is -0.837. The van der Waals surface area contributed by atoms with Gasteiger partial charge in [0.2, 0.25) is 0 Å². The number of nitrogens with zero attached hydrogens (tertiary/aromatic N) is 1. The maximum Gasteiger partial charge on any atom is 0.317 e. The number of rotatable bonds is 5. The van der Waals surface area contributed by atoms with Crippen LogP contribution in [-0.4, -0.2) is 40.6 Å². The molecule has 1 rings (SSSR count). The van der Waals surface area contributed by atoms with Gasteiger partial charge in [-0.05, 0) is 39.5 Å². The Morgan fingerprint density at radius 3 is 2.40 bits per heavy atom. The zero-order valence-electron chi connectivity index (χ0n) is 13.3. The standard InChI is InChI=1S/C15H28N2O3/c1-10(2)9-17(11(3)4)14(20)16-12-7-6-8-15(12,5)13(18)19/h10-12H,6-9H2,1-5H3,(H,16,20)(H,18,19). The Balaban J connectivity index is 2.75. The summed E-state index contributed by atoms with van der Waals surface area (Å²) < 4.78 is 0. The number of hydrogen-bond acceptors (Lipinski definition) is 2. The number of urea groups is 1. The molecule has 0 aromatic rings. The zero-order valence-corrected chi connectivity index (χ0v) is 13.3. The summed E-state index contributed by atoms with van der Waals surface area (Å²) in [6.45, 7) is 10.5. The molecule has 1 fully saturated rings. The molecule has 0 bridgehead atoms. The average Bonchev–Trinajstić information content (AvgIpc) is 2.68. The van der Waals surface area contributed by atoms with E-state index in [1.165, 1.54) is 0 Å². The van der Waals surface area contributed by atoms with E-state index in [2.05, 4.69) is 19.2 Å². The number of amides is 2. The molecule has 1 saturated carbocycles. The number of nitrogens with one attached hydrogen (secondary N) is 1. The maximum absolute atomic E-state index is 12.4. The molecule has 5 nitrogen and oxygen atoms in total. The number of aliphatic carboxylic acids is 1.